The predicted octanol–water partition coefficient (Wildman–Crippen LogP) is 4.49. The van der Waals surface area contributed by atoms with Crippen molar-refractivity contribution in [3.63, 3.8) is 0 Å². The molecule has 1 N–H and O–H groups in total. The maximum Gasteiger partial charge on any atom is 0.213 e. The van der Waals surface area contributed by atoms with Crippen LogP contribution in [0.15, 0.2) is 36.0 Å². The molecule has 0 radical (unpaired) electrons. The molecule has 0 atom stereocenters. The average Bonchev–Trinajstić information content (AvgIpc) is 2.64. The third-order valence-corrected chi connectivity index (χ3v) is 3.90. The summed E-state index contributed by atoms with van der Waals surface area (Å²) in [5, 5.41) is 10.4. The summed E-state index contributed by atoms with van der Waals surface area (Å²) in [6, 6.07) is 5.41. The van der Waals surface area contributed by atoms with E-state index in [2.05, 4.69) is 11.1 Å². The van der Waals surface area contributed by atoms with Crippen molar-refractivity contribution in [1.82, 2.24) is 4.98 Å². The number of pyridine rings is 1. The monoisotopic (exact) mass is 355 g/mol. The average molecular weight is 355 g/mol. The Morgan fingerprint density at radius 1 is 1.00 bits per heavy atom. The molecule has 1 aromatic heterocycles. The normalized spacial score (nSPS) is 10.7. The fraction of sp³-hybridized carbons (Fsp3) is 0.286. The Morgan fingerprint density at radius 3 is 2.35 bits per heavy atom. The van der Waals surface area contributed by atoms with Crippen LogP contribution in [0.2, 0.25) is 0 Å². The summed E-state index contributed by atoms with van der Waals surface area (Å²) in [5.74, 6) is 2.00. The van der Waals surface area contributed by atoms with Crippen LogP contribution in [0, 0.1) is 0 Å². The Balaban J connectivity index is 2.37. The highest BCUT2D eigenvalue weighted by atomic mass is 16.5. The molecule has 0 saturated carbocycles. The van der Waals surface area contributed by atoms with Crippen molar-refractivity contribution in [2.24, 2.45) is 0 Å². The molecule has 2 aromatic rings. The lowest BCUT2D eigenvalue weighted by Crippen LogP contribution is -1.94. The van der Waals surface area contributed by atoms with E-state index in [4.69, 9.17) is 14.2 Å². The van der Waals surface area contributed by atoms with Gasteiger partial charge in [-0.1, -0.05) is 23.8 Å². The zero-order chi connectivity index (χ0) is 19.1. The molecule has 0 saturated heterocycles. The molecule has 0 aliphatic rings. The second kappa shape index (κ2) is 8.94. The van der Waals surface area contributed by atoms with Gasteiger partial charge in [-0.3, -0.25) is 0 Å². The standard InChI is InChI=1S/C21H25NO4/c1-14(2)6-9-17-18(23)10-15(11-19(17)24-3)7-8-16-12-21(26-5)22-13-20(16)25-4/h6-8,10-13,23H,9H2,1-5H3/b8-7+. The molecule has 0 aliphatic carbocycles. The molecule has 0 aliphatic heterocycles. The predicted molar refractivity (Wildman–Crippen MR) is 104 cm³/mol. The highest BCUT2D eigenvalue weighted by Gasteiger charge is 2.10. The molecule has 0 bridgehead atoms. The number of allylic oxidation sites excluding steroid dienone is 2. The van der Waals surface area contributed by atoms with Gasteiger partial charge in [0.25, 0.3) is 0 Å². The van der Waals surface area contributed by atoms with E-state index in [1.807, 2.05) is 32.1 Å². The van der Waals surface area contributed by atoms with E-state index in [1.165, 1.54) is 5.57 Å². The van der Waals surface area contributed by atoms with Crippen molar-refractivity contribution in [1.29, 1.82) is 0 Å². The van der Waals surface area contributed by atoms with Crippen molar-refractivity contribution in [2.45, 2.75) is 20.3 Å². The van der Waals surface area contributed by atoms with E-state index in [1.54, 1.807) is 39.7 Å². The summed E-state index contributed by atoms with van der Waals surface area (Å²) < 4.78 is 15.9. The minimum Gasteiger partial charge on any atom is -0.507 e. The van der Waals surface area contributed by atoms with E-state index >= 15 is 0 Å². The summed E-state index contributed by atoms with van der Waals surface area (Å²) >= 11 is 0. The highest BCUT2D eigenvalue weighted by molar-refractivity contribution is 5.74. The third kappa shape index (κ3) is 4.79. The van der Waals surface area contributed by atoms with Crippen LogP contribution < -0.4 is 14.2 Å². The first-order chi connectivity index (χ1) is 12.5. The van der Waals surface area contributed by atoms with E-state index in [9.17, 15) is 5.11 Å². The Labute approximate surface area is 154 Å². The molecule has 0 spiro atoms. The third-order valence-electron chi connectivity index (χ3n) is 3.90. The van der Waals surface area contributed by atoms with Crippen molar-refractivity contribution >= 4 is 12.2 Å². The lowest BCUT2D eigenvalue weighted by molar-refractivity contribution is 0.387. The summed E-state index contributed by atoms with van der Waals surface area (Å²) in [5.41, 5.74) is 3.60. The van der Waals surface area contributed by atoms with Crippen molar-refractivity contribution in [3.05, 3.63) is 52.7 Å². The first-order valence-corrected chi connectivity index (χ1v) is 8.27. The lowest BCUT2D eigenvalue weighted by Gasteiger charge is -2.11. The van der Waals surface area contributed by atoms with Crippen LogP contribution in [-0.4, -0.2) is 31.4 Å². The zero-order valence-corrected chi connectivity index (χ0v) is 15.9. The molecule has 0 amide bonds. The number of aromatic hydroxyl groups is 1. The number of rotatable bonds is 7. The van der Waals surface area contributed by atoms with Gasteiger partial charge in [-0.05, 0) is 38.0 Å². The van der Waals surface area contributed by atoms with Gasteiger partial charge in [0.15, 0.2) is 0 Å². The van der Waals surface area contributed by atoms with E-state index < -0.39 is 0 Å². The van der Waals surface area contributed by atoms with Gasteiger partial charge in [0.05, 0.1) is 27.5 Å². The van der Waals surface area contributed by atoms with Crippen LogP contribution in [0.1, 0.15) is 30.5 Å². The van der Waals surface area contributed by atoms with Crippen LogP contribution in [0.25, 0.3) is 12.2 Å². The Hall–Kier alpha value is -2.95. The molecule has 0 unspecified atom stereocenters. The number of hydrogen-bond donors (Lipinski definition) is 1. The van der Waals surface area contributed by atoms with Gasteiger partial charge in [-0.15, -0.1) is 0 Å². The molecule has 5 nitrogen and oxygen atoms in total. The zero-order valence-electron chi connectivity index (χ0n) is 15.9. The van der Waals surface area contributed by atoms with Crippen LogP contribution in [0.5, 0.6) is 23.1 Å². The number of methoxy groups -OCH3 is 3. The van der Waals surface area contributed by atoms with Gasteiger partial charge in [-0.2, -0.15) is 0 Å². The van der Waals surface area contributed by atoms with E-state index in [0.717, 1.165) is 16.7 Å². The van der Waals surface area contributed by atoms with Crippen LogP contribution in [-0.2, 0) is 6.42 Å². The smallest absolute Gasteiger partial charge is 0.213 e. The summed E-state index contributed by atoms with van der Waals surface area (Å²) in [4.78, 5) is 4.12. The van der Waals surface area contributed by atoms with Crippen molar-refractivity contribution in [2.75, 3.05) is 21.3 Å². The number of phenols is 1. The fourth-order valence-electron chi connectivity index (χ4n) is 2.48. The second-order valence-corrected chi connectivity index (χ2v) is 6.01. The minimum atomic E-state index is 0.209. The van der Waals surface area contributed by atoms with Gasteiger partial charge >= 0.3 is 0 Å². The van der Waals surface area contributed by atoms with Crippen LogP contribution in [0.4, 0.5) is 0 Å². The number of aromatic nitrogens is 1. The molecule has 26 heavy (non-hydrogen) atoms. The summed E-state index contributed by atoms with van der Waals surface area (Å²) in [6.45, 7) is 4.05. The van der Waals surface area contributed by atoms with Crippen LogP contribution >= 0.6 is 0 Å². The van der Waals surface area contributed by atoms with Crippen LogP contribution in [0.3, 0.4) is 0 Å². The number of phenolic OH excluding ortho intramolecular Hbond substituents is 1. The molecule has 1 aromatic carbocycles. The topological polar surface area (TPSA) is 60.8 Å². The molecule has 2 rings (SSSR count). The Bertz CT molecular complexity index is 821. The number of benzene rings is 1. The lowest BCUT2D eigenvalue weighted by atomic mass is 10.0. The van der Waals surface area contributed by atoms with Gasteiger partial charge in [0.2, 0.25) is 5.88 Å². The first kappa shape index (κ1) is 19.4. The van der Waals surface area contributed by atoms with Crippen molar-refractivity contribution < 1.29 is 19.3 Å². The van der Waals surface area contributed by atoms with Gasteiger partial charge in [0, 0.05) is 17.2 Å². The molecular weight excluding hydrogens is 330 g/mol. The van der Waals surface area contributed by atoms with Gasteiger partial charge in [-0.25, -0.2) is 4.98 Å². The quantitative estimate of drug-likeness (QED) is 0.742. The number of nitrogens with zero attached hydrogens (tertiary/aromatic N) is 1. The Kier molecular flexibility index (Phi) is 6.67. The molecule has 5 heteroatoms. The molecule has 1 heterocycles. The molecular formula is C21H25NO4. The van der Waals surface area contributed by atoms with Gasteiger partial charge < -0.3 is 19.3 Å². The molecule has 0 fully saturated rings. The van der Waals surface area contributed by atoms with Crippen molar-refractivity contribution in [3.8, 4) is 23.1 Å². The Morgan fingerprint density at radius 2 is 1.73 bits per heavy atom. The highest BCUT2D eigenvalue weighted by Crippen LogP contribution is 2.32. The van der Waals surface area contributed by atoms with E-state index in [-0.39, 0.29) is 5.75 Å². The largest absolute Gasteiger partial charge is 0.507 e. The van der Waals surface area contributed by atoms with Gasteiger partial charge in [0.1, 0.15) is 17.2 Å². The SMILES string of the molecule is COc1cc(/C=C/c2cc(O)c(CC=C(C)C)c(OC)c2)c(OC)cn1. The number of hydrogen-bond acceptors (Lipinski definition) is 5. The van der Waals surface area contributed by atoms with E-state index in [0.29, 0.717) is 23.8 Å². The maximum atomic E-state index is 10.4. The minimum absolute atomic E-state index is 0.209. The summed E-state index contributed by atoms with van der Waals surface area (Å²) in [7, 11) is 4.76. The fourth-order valence-corrected chi connectivity index (χ4v) is 2.48. The molecule has 138 valence electrons. The maximum absolute atomic E-state index is 10.4. The number of ether oxygens (including phenoxy) is 3. The summed E-state index contributed by atoms with van der Waals surface area (Å²) in [6.07, 6.45) is 8.05. The second-order valence-electron chi connectivity index (χ2n) is 6.01. The first-order valence-electron chi connectivity index (χ1n) is 8.27.